The van der Waals surface area contributed by atoms with Crippen molar-refractivity contribution in [3.8, 4) is 45.0 Å². The first kappa shape index (κ1) is 54.0. The van der Waals surface area contributed by atoms with Gasteiger partial charge in [0.15, 0.2) is 47.1 Å². The van der Waals surface area contributed by atoms with Crippen molar-refractivity contribution < 1.29 is 64.7 Å². The molecule has 16 aromatic rings. The Labute approximate surface area is 673 Å². The molecule has 0 spiro atoms. The van der Waals surface area contributed by atoms with Crippen molar-refractivity contribution in [2.45, 2.75) is 186 Å². The summed E-state index contributed by atoms with van der Waals surface area (Å²) in [5, 5.41) is 7.36. The molecule has 16 rings (SSSR count). The van der Waals surface area contributed by atoms with Crippen LogP contribution in [0.15, 0.2) is 188 Å². The van der Waals surface area contributed by atoms with Gasteiger partial charge in [-0.3, -0.25) is 0 Å². The molecule has 12 nitrogen and oxygen atoms in total. The standard InChI is InChI=1S/2C25H29N2O.C24H27N2O.C23H25N2O/c1-15(2)17-9-12-20(27(7)14-17)22-16(3)8-10-18-19-11-13-21(25(4,5)6)26-24(19)28-23(18)22;1-15(2)13-19-9-11-21-20-10-7-17(5)23(24(20)28-25(21)26-19)22-12-8-18(16(3)4)14-27(22)6;1-14(2)17-8-12-21(26(6)13-17)22-16(5)7-9-18-19-10-11-20(15(3)4)25-24(19)27-23(18)22;1-6-17-9-11-19-18-10-7-15(4)21(22(18)26-23(19)24-17)20-12-8-16(14(2)3)13-25(20)5/h8-15H,1-7H3;7-12,14-16H,13H2,1-6H3;7-15H,1-6H3;7-14H,6H2,1-5H3/q4*+1/i1D3,15D;1D3,3D3,15D,16D;1D3,14D,15D;2D3,14D. The van der Waals surface area contributed by atoms with Gasteiger partial charge >= 0.3 is 0 Å². The summed E-state index contributed by atoms with van der Waals surface area (Å²) >= 11 is 0. The smallest absolute Gasteiger partial charge is 0.227 e. The van der Waals surface area contributed by atoms with Crippen LogP contribution in [0.5, 0.6) is 0 Å². The SMILES string of the molecule is [2H]C(C)(C)c1ccc2c(n1)oc1c(-c3ccc(C([2H])(C)C([2H])([2H])[2H])c[n+]3C)c(C)ccc12.[2H]C([2H])([2H])C([2H])(C)Cc1ccc2c(n1)oc1c(-c3ccc(C([2H])(C)C([2H])([2H])[2H])c[n+]3C)c(C)ccc12.[2H]C([2H])([2H])C([2H])(C)c1ccc(-c2c(C)ccc3c2oc2nc(C(C)(C)C)ccc23)[n+](C)c1.[2H]C([2H])([2H])C([2H])(C)c1ccc(-c2c(C)ccc3c2oc2nc(CC)ccc23)[n+](C)c1. The van der Waals surface area contributed by atoms with Crippen LogP contribution in [0.1, 0.15) is 236 Å². The summed E-state index contributed by atoms with van der Waals surface area (Å²) in [5.74, 6) is -9.38. The minimum Gasteiger partial charge on any atom is -0.437 e. The van der Waals surface area contributed by atoms with E-state index in [2.05, 4.69) is 85.1 Å². The van der Waals surface area contributed by atoms with Gasteiger partial charge in [0.05, 0.1) is 22.3 Å². The first-order chi connectivity index (χ1) is 59.9. The van der Waals surface area contributed by atoms with Crippen molar-refractivity contribution in [1.29, 1.82) is 0 Å². The zero-order valence-electron chi connectivity index (χ0n) is 86.8. The Hall–Kier alpha value is -10.7. The number of furan rings is 4. The quantitative estimate of drug-likeness (QED) is 0.111. The number of aryl methyl sites for hydroxylation is 9. The van der Waals surface area contributed by atoms with Crippen molar-refractivity contribution in [3.05, 3.63) is 238 Å². The summed E-state index contributed by atoms with van der Waals surface area (Å²) in [6.45, 7) is 14.9. The molecule has 4 aromatic carbocycles. The van der Waals surface area contributed by atoms with E-state index in [4.69, 9.17) is 51.4 Å². The molecule has 0 saturated heterocycles. The summed E-state index contributed by atoms with van der Waals surface area (Å²) in [6, 6.07) is 46.0. The number of aromatic nitrogens is 8. The molecule has 0 N–H and O–H groups in total. The Balaban J connectivity index is 0.000000148. The summed E-state index contributed by atoms with van der Waals surface area (Å²) in [7, 11) is 7.37. The molecule has 0 radical (unpaired) electrons. The third-order valence-corrected chi connectivity index (χ3v) is 20.4. The van der Waals surface area contributed by atoms with Crippen LogP contribution in [0.4, 0.5) is 0 Å². The summed E-state index contributed by atoms with van der Waals surface area (Å²) < 4.78 is 198. The third kappa shape index (κ3) is 15.2. The number of fused-ring (bicyclic) bond motifs is 12. The molecule has 0 aliphatic carbocycles. The predicted octanol–water partition coefficient (Wildman–Crippen LogP) is 23.8. The average Bonchev–Trinajstić information content (AvgIpc) is 1.64. The van der Waals surface area contributed by atoms with Crippen LogP contribution in [0.3, 0.4) is 0 Å². The van der Waals surface area contributed by atoms with Crippen LogP contribution in [-0.2, 0) is 46.4 Å². The lowest BCUT2D eigenvalue weighted by Gasteiger charge is -2.16. The molecular weight excluding hydrogens is 1340 g/mol. The molecule has 0 amide bonds. The van der Waals surface area contributed by atoms with Crippen LogP contribution in [0.2, 0.25) is 0 Å². The molecule has 0 fully saturated rings. The molecule has 0 aliphatic heterocycles. The van der Waals surface area contributed by atoms with Gasteiger partial charge in [-0.05, 0) is 171 Å². The van der Waals surface area contributed by atoms with Crippen molar-refractivity contribution in [3.63, 3.8) is 0 Å². The Morgan fingerprint density at radius 1 is 0.349 bits per heavy atom. The largest absolute Gasteiger partial charge is 0.437 e. The van der Waals surface area contributed by atoms with E-state index < -0.39 is 69.6 Å². The van der Waals surface area contributed by atoms with E-state index in [1.54, 1.807) is 86.6 Å². The number of pyridine rings is 8. The van der Waals surface area contributed by atoms with Crippen molar-refractivity contribution >= 4 is 88.3 Å². The van der Waals surface area contributed by atoms with E-state index in [1.165, 1.54) is 34.6 Å². The van der Waals surface area contributed by atoms with Crippen LogP contribution in [0, 0.1) is 33.6 Å². The molecular formula is C97H110N8O4+4. The van der Waals surface area contributed by atoms with Crippen molar-refractivity contribution in [2.24, 2.45) is 34.1 Å². The summed E-state index contributed by atoms with van der Waals surface area (Å²) in [5.41, 5.74) is 20.6. The zero-order valence-corrected chi connectivity index (χ0v) is 65.8. The second-order valence-electron chi connectivity index (χ2n) is 30.1. The van der Waals surface area contributed by atoms with Gasteiger partial charge in [0, 0.05) is 147 Å². The maximum absolute atomic E-state index is 8.41. The number of hydrogen-bond donors (Lipinski definition) is 0. The average molecular weight is 1470 g/mol. The molecule has 0 saturated carbocycles. The molecule has 12 aromatic heterocycles. The molecule has 5 unspecified atom stereocenters. The fraction of sp³-hybridized carbons (Fsp3) is 0.340. The van der Waals surface area contributed by atoms with E-state index in [9.17, 15) is 0 Å². The molecule has 558 valence electrons. The van der Waals surface area contributed by atoms with Crippen LogP contribution < -0.4 is 18.3 Å². The number of nitrogens with zero attached hydrogens (tertiary/aromatic N) is 8. The minimum absolute atomic E-state index is 0.0474. The Morgan fingerprint density at radius 3 is 0.963 bits per heavy atom. The fourth-order valence-electron chi connectivity index (χ4n) is 14.2. The van der Waals surface area contributed by atoms with Gasteiger partial charge in [0.2, 0.25) is 45.6 Å². The van der Waals surface area contributed by atoms with Crippen LogP contribution in [0.25, 0.3) is 133 Å². The number of benzene rings is 4. The Kier molecular flexibility index (Phi) is 15.2. The highest BCUT2D eigenvalue weighted by atomic mass is 16.4. The monoisotopic (exact) mass is 1470 g/mol. The lowest BCUT2D eigenvalue weighted by Crippen LogP contribution is -2.31. The van der Waals surface area contributed by atoms with Gasteiger partial charge in [-0.15, -0.1) is 0 Å². The number of hydrogen-bond acceptors (Lipinski definition) is 8. The minimum atomic E-state index is -2.48. The lowest BCUT2D eigenvalue weighted by molar-refractivity contribution is -0.661. The van der Waals surface area contributed by atoms with E-state index >= 15 is 0 Å². The lowest BCUT2D eigenvalue weighted by atomic mass is 9.91. The molecule has 0 bridgehead atoms. The van der Waals surface area contributed by atoms with Crippen molar-refractivity contribution in [2.75, 3.05) is 0 Å². The van der Waals surface area contributed by atoms with Gasteiger partial charge in [0.25, 0.3) is 0 Å². The van der Waals surface area contributed by atoms with Crippen LogP contribution >= 0.6 is 0 Å². The highest BCUT2D eigenvalue weighted by molar-refractivity contribution is 6.12. The van der Waals surface area contributed by atoms with Gasteiger partial charge in [-0.1, -0.05) is 159 Å². The Morgan fingerprint density at radius 2 is 0.651 bits per heavy atom. The van der Waals surface area contributed by atoms with Crippen molar-refractivity contribution in [1.82, 2.24) is 19.9 Å². The molecule has 12 heteroatoms. The normalized spacial score (nSPS) is 18.2. The molecule has 109 heavy (non-hydrogen) atoms. The predicted molar refractivity (Wildman–Crippen MR) is 449 cm³/mol. The maximum atomic E-state index is 8.41. The summed E-state index contributed by atoms with van der Waals surface area (Å²) in [4.78, 5) is 18.6. The van der Waals surface area contributed by atoms with E-state index in [1.807, 2.05) is 129 Å². The van der Waals surface area contributed by atoms with Crippen LogP contribution in [-0.4, -0.2) is 19.9 Å². The van der Waals surface area contributed by atoms with E-state index in [-0.39, 0.29) is 11.8 Å². The van der Waals surface area contributed by atoms with E-state index in [0.717, 1.165) is 139 Å². The highest BCUT2D eigenvalue weighted by Gasteiger charge is 2.28. The van der Waals surface area contributed by atoms with Gasteiger partial charge in [-0.2, -0.15) is 0 Å². The molecule has 12 heterocycles. The van der Waals surface area contributed by atoms with Gasteiger partial charge in [0.1, 0.15) is 28.2 Å². The van der Waals surface area contributed by atoms with Gasteiger partial charge < -0.3 is 17.7 Å². The maximum Gasteiger partial charge on any atom is 0.227 e. The first-order valence-corrected chi connectivity index (χ1v) is 36.7. The first-order valence-electron chi connectivity index (χ1n) is 47.2. The second kappa shape index (κ2) is 30.7. The molecule has 5 atom stereocenters. The Bertz CT molecular complexity index is 6900. The second-order valence-corrected chi connectivity index (χ2v) is 30.1. The zero-order chi connectivity index (χ0) is 96.0. The fourth-order valence-corrected chi connectivity index (χ4v) is 14.2. The van der Waals surface area contributed by atoms with E-state index in [0.29, 0.717) is 67.7 Å². The number of rotatable bonds is 12. The van der Waals surface area contributed by atoms with Gasteiger partial charge in [-0.25, -0.2) is 38.2 Å². The third-order valence-electron chi connectivity index (χ3n) is 20.4. The summed E-state index contributed by atoms with van der Waals surface area (Å²) in [6.07, 6.45) is 7.61. The molecule has 0 aliphatic rings. The topological polar surface area (TPSA) is 120 Å². The highest BCUT2D eigenvalue weighted by Crippen LogP contribution is 2.42.